The molecule has 0 spiro atoms. The van der Waals surface area contributed by atoms with Gasteiger partial charge in [0.05, 0.1) is 7.11 Å². The molecule has 0 saturated heterocycles. The van der Waals surface area contributed by atoms with Gasteiger partial charge in [-0.1, -0.05) is 30.3 Å². The molecular formula is C19H18O5. The Morgan fingerprint density at radius 2 is 1.83 bits per heavy atom. The van der Waals surface area contributed by atoms with Crippen molar-refractivity contribution >= 4 is 17.5 Å². The number of ketones is 1. The molecule has 5 heteroatoms. The van der Waals surface area contributed by atoms with E-state index in [2.05, 4.69) is 4.74 Å². The first-order valence-corrected chi connectivity index (χ1v) is 7.32. The number of hydrogen-bond donors (Lipinski definition) is 1. The van der Waals surface area contributed by atoms with E-state index in [1.807, 2.05) is 37.3 Å². The Morgan fingerprint density at radius 1 is 1.12 bits per heavy atom. The zero-order valence-corrected chi connectivity index (χ0v) is 13.5. The predicted octanol–water partition coefficient (Wildman–Crippen LogP) is 3.22. The standard InChI is InChI=1S/C19H18O5/c1-13-10-15(16(20)11-17(21)19(22)23-2)8-9-18(13)24-12-14-6-4-3-5-7-14/h3-11,20H,12H2,1-2H3. The van der Waals surface area contributed by atoms with Crippen LogP contribution in [0.25, 0.3) is 5.76 Å². The quantitative estimate of drug-likeness (QED) is 0.382. The molecule has 0 aliphatic heterocycles. The summed E-state index contributed by atoms with van der Waals surface area (Å²) in [6.07, 6.45) is 0.838. The summed E-state index contributed by atoms with van der Waals surface area (Å²) in [6.45, 7) is 2.27. The fourth-order valence-corrected chi connectivity index (χ4v) is 2.07. The van der Waals surface area contributed by atoms with Crippen LogP contribution in [-0.4, -0.2) is 24.0 Å². The molecular weight excluding hydrogens is 308 g/mol. The van der Waals surface area contributed by atoms with Gasteiger partial charge in [-0.15, -0.1) is 0 Å². The second kappa shape index (κ2) is 7.97. The summed E-state index contributed by atoms with van der Waals surface area (Å²) in [4.78, 5) is 22.5. The summed E-state index contributed by atoms with van der Waals surface area (Å²) in [7, 11) is 1.11. The highest BCUT2D eigenvalue weighted by Crippen LogP contribution is 2.23. The van der Waals surface area contributed by atoms with E-state index in [-0.39, 0.29) is 5.76 Å². The maximum absolute atomic E-state index is 11.4. The van der Waals surface area contributed by atoms with Crippen molar-refractivity contribution in [2.75, 3.05) is 7.11 Å². The number of aliphatic hydroxyl groups is 1. The second-order valence-corrected chi connectivity index (χ2v) is 5.14. The summed E-state index contributed by atoms with van der Waals surface area (Å²) in [5, 5.41) is 9.95. The van der Waals surface area contributed by atoms with Crippen LogP contribution >= 0.6 is 0 Å². The van der Waals surface area contributed by atoms with Crippen molar-refractivity contribution in [1.29, 1.82) is 0 Å². The minimum atomic E-state index is -1.03. The Morgan fingerprint density at radius 3 is 2.46 bits per heavy atom. The Hall–Kier alpha value is -3.08. The van der Waals surface area contributed by atoms with Gasteiger partial charge in [-0.2, -0.15) is 0 Å². The summed E-state index contributed by atoms with van der Waals surface area (Å²) in [6, 6.07) is 14.8. The van der Waals surface area contributed by atoms with E-state index >= 15 is 0 Å². The number of benzene rings is 2. The lowest BCUT2D eigenvalue weighted by atomic mass is 10.1. The lowest BCUT2D eigenvalue weighted by Gasteiger charge is -2.10. The largest absolute Gasteiger partial charge is 0.507 e. The molecule has 0 unspecified atom stereocenters. The first-order chi connectivity index (χ1) is 11.5. The number of esters is 1. The Bertz CT molecular complexity index is 763. The summed E-state index contributed by atoms with van der Waals surface area (Å²) in [5.74, 6) is -1.57. The number of ether oxygens (including phenoxy) is 2. The van der Waals surface area contributed by atoms with Crippen molar-refractivity contribution in [2.45, 2.75) is 13.5 Å². The van der Waals surface area contributed by atoms with Crippen molar-refractivity contribution < 1.29 is 24.2 Å². The van der Waals surface area contributed by atoms with Gasteiger partial charge in [-0.25, -0.2) is 4.79 Å². The molecule has 24 heavy (non-hydrogen) atoms. The van der Waals surface area contributed by atoms with E-state index < -0.39 is 11.8 Å². The third kappa shape index (κ3) is 4.46. The van der Waals surface area contributed by atoms with Crippen LogP contribution in [-0.2, 0) is 20.9 Å². The highest BCUT2D eigenvalue weighted by Gasteiger charge is 2.13. The Balaban J connectivity index is 2.10. The molecule has 0 atom stereocenters. The molecule has 124 valence electrons. The third-order valence-corrected chi connectivity index (χ3v) is 3.36. The highest BCUT2D eigenvalue weighted by atomic mass is 16.5. The molecule has 1 N–H and O–H groups in total. The van der Waals surface area contributed by atoms with Crippen LogP contribution in [0.15, 0.2) is 54.6 Å². The summed E-state index contributed by atoms with van der Waals surface area (Å²) >= 11 is 0. The van der Waals surface area contributed by atoms with Crippen LogP contribution in [0.4, 0.5) is 0 Å². The SMILES string of the molecule is COC(=O)C(=O)C=C(O)c1ccc(OCc2ccccc2)c(C)c1. The van der Waals surface area contributed by atoms with Crippen LogP contribution in [0, 0.1) is 6.92 Å². The Labute approximate surface area is 140 Å². The first kappa shape index (κ1) is 17.3. The van der Waals surface area contributed by atoms with Crippen LogP contribution < -0.4 is 4.74 Å². The molecule has 0 fully saturated rings. The van der Waals surface area contributed by atoms with Gasteiger partial charge in [-0.3, -0.25) is 4.79 Å². The number of aryl methyl sites for hydroxylation is 1. The van der Waals surface area contributed by atoms with E-state index in [4.69, 9.17) is 4.74 Å². The summed E-state index contributed by atoms with van der Waals surface area (Å²) in [5.41, 5.74) is 2.26. The number of aliphatic hydroxyl groups excluding tert-OH is 1. The van der Waals surface area contributed by atoms with Gasteiger partial charge in [-0.05, 0) is 36.2 Å². The van der Waals surface area contributed by atoms with Crippen LogP contribution in [0.1, 0.15) is 16.7 Å². The van der Waals surface area contributed by atoms with Gasteiger partial charge in [0.15, 0.2) is 0 Å². The van der Waals surface area contributed by atoms with Crippen molar-refractivity contribution in [3.63, 3.8) is 0 Å². The fourth-order valence-electron chi connectivity index (χ4n) is 2.07. The fraction of sp³-hybridized carbons (Fsp3) is 0.158. The van der Waals surface area contributed by atoms with E-state index in [1.165, 1.54) is 0 Å². The van der Waals surface area contributed by atoms with Crippen LogP contribution in [0.3, 0.4) is 0 Å². The zero-order valence-electron chi connectivity index (χ0n) is 13.5. The predicted molar refractivity (Wildman–Crippen MR) is 89.6 cm³/mol. The minimum absolute atomic E-state index is 0.303. The summed E-state index contributed by atoms with van der Waals surface area (Å²) < 4.78 is 10.1. The first-order valence-electron chi connectivity index (χ1n) is 7.32. The van der Waals surface area contributed by atoms with Crippen LogP contribution in [0.5, 0.6) is 5.75 Å². The van der Waals surface area contributed by atoms with E-state index in [9.17, 15) is 14.7 Å². The van der Waals surface area contributed by atoms with Crippen LogP contribution in [0.2, 0.25) is 0 Å². The molecule has 0 heterocycles. The molecule has 2 rings (SSSR count). The van der Waals surface area contributed by atoms with E-state index in [0.29, 0.717) is 17.9 Å². The number of carbonyl (C=O) groups excluding carboxylic acids is 2. The highest BCUT2D eigenvalue weighted by molar-refractivity contribution is 6.39. The molecule has 0 amide bonds. The molecule has 0 aliphatic carbocycles. The average Bonchev–Trinajstić information content (AvgIpc) is 2.60. The van der Waals surface area contributed by atoms with Crippen molar-refractivity contribution in [2.24, 2.45) is 0 Å². The number of hydrogen-bond acceptors (Lipinski definition) is 5. The van der Waals surface area contributed by atoms with Crippen molar-refractivity contribution in [1.82, 2.24) is 0 Å². The lowest BCUT2D eigenvalue weighted by molar-refractivity contribution is -0.149. The van der Waals surface area contributed by atoms with Gasteiger partial charge in [0.2, 0.25) is 0 Å². The van der Waals surface area contributed by atoms with Crippen molar-refractivity contribution in [3.05, 3.63) is 71.3 Å². The van der Waals surface area contributed by atoms with Gasteiger partial charge in [0.1, 0.15) is 18.1 Å². The molecule has 0 saturated carbocycles. The molecule has 2 aromatic rings. The molecule has 0 aromatic heterocycles. The minimum Gasteiger partial charge on any atom is -0.507 e. The van der Waals surface area contributed by atoms with E-state index in [1.54, 1.807) is 18.2 Å². The monoisotopic (exact) mass is 326 g/mol. The van der Waals surface area contributed by atoms with Gasteiger partial charge in [0, 0.05) is 11.6 Å². The Kier molecular flexibility index (Phi) is 5.73. The van der Waals surface area contributed by atoms with Gasteiger partial charge < -0.3 is 14.6 Å². The van der Waals surface area contributed by atoms with Gasteiger partial charge in [0.25, 0.3) is 5.78 Å². The molecule has 0 aliphatic rings. The normalized spacial score (nSPS) is 11.0. The lowest BCUT2D eigenvalue weighted by Crippen LogP contribution is -2.13. The molecule has 0 radical (unpaired) electrons. The van der Waals surface area contributed by atoms with Gasteiger partial charge >= 0.3 is 5.97 Å². The molecule has 2 aromatic carbocycles. The van der Waals surface area contributed by atoms with E-state index in [0.717, 1.165) is 24.3 Å². The smallest absolute Gasteiger partial charge is 0.378 e. The number of rotatable bonds is 6. The topological polar surface area (TPSA) is 72.8 Å². The maximum Gasteiger partial charge on any atom is 0.378 e. The number of carbonyl (C=O) groups is 2. The molecule has 5 nitrogen and oxygen atoms in total. The maximum atomic E-state index is 11.4. The molecule has 0 bridgehead atoms. The second-order valence-electron chi connectivity index (χ2n) is 5.14. The zero-order chi connectivity index (χ0) is 17.5. The number of methoxy groups -OCH3 is 1. The third-order valence-electron chi connectivity index (χ3n) is 3.36. The van der Waals surface area contributed by atoms with Crippen molar-refractivity contribution in [3.8, 4) is 5.75 Å². The average molecular weight is 326 g/mol.